The number of aromatic nitrogens is 5. The summed E-state index contributed by atoms with van der Waals surface area (Å²) in [5, 5.41) is 13.0. The Kier molecular flexibility index (Phi) is 2.41. The van der Waals surface area contributed by atoms with Crippen molar-refractivity contribution in [2.45, 2.75) is 18.9 Å². The molecule has 0 saturated heterocycles. The maximum atomic E-state index is 13.4. The highest BCUT2D eigenvalue weighted by Crippen LogP contribution is 2.57. The maximum absolute atomic E-state index is 13.4. The van der Waals surface area contributed by atoms with E-state index in [0.717, 1.165) is 45.9 Å². The molecular formula is C19H14FN5. The largest absolute Gasteiger partial charge is 0.268 e. The lowest BCUT2D eigenvalue weighted by Gasteiger charge is -2.07. The molecule has 25 heavy (non-hydrogen) atoms. The van der Waals surface area contributed by atoms with Crippen LogP contribution in [0.3, 0.4) is 0 Å². The number of benzene rings is 1. The smallest absolute Gasteiger partial charge is 0.155 e. The summed E-state index contributed by atoms with van der Waals surface area (Å²) >= 11 is 0. The third-order valence-electron chi connectivity index (χ3n) is 5.41. The van der Waals surface area contributed by atoms with Crippen LogP contribution in [0.15, 0.2) is 42.7 Å². The van der Waals surface area contributed by atoms with Crippen LogP contribution in [0.4, 0.5) is 4.39 Å². The van der Waals surface area contributed by atoms with Gasteiger partial charge in [0.05, 0.1) is 11.9 Å². The maximum Gasteiger partial charge on any atom is 0.155 e. The van der Waals surface area contributed by atoms with Crippen LogP contribution in [0, 0.1) is 11.7 Å². The molecule has 1 aliphatic heterocycles. The van der Waals surface area contributed by atoms with E-state index in [1.807, 2.05) is 12.3 Å². The Labute approximate surface area is 142 Å². The van der Waals surface area contributed by atoms with Crippen LogP contribution in [0.2, 0.25) is 0 Å². The molecule has 3 aromatic heterocycles. The summed E-state index contributed by atoms with van der Waals surface area (Å²) < 4.78 is 15.5. The van der Waals surface area contributed by atoms with E-state index >= 15 is 0 Å². The normalized spacial score (nSPS) is 20.7. The van der Waals surface area contributed by atoms with Gasteiger partial charge in [0, 0.05) is 35.2 Å². The molecule has 1 aromatic carbocycles. The molecule has 122 valence electrons. The van der Waals surface area contributed by atoms with Gasteiger partial charge in [0.2, 0.25) is 0 Å². The van der Waals surface area contributed by atoms with Gasteiger partial charge in [-0.3, -0.25) is 9.78 Å². The predicted octanol–water partition coefficient (Wildman–Crippen LogP) is 3.74. The predicted molar refractivity (Wildman–Crippen MR) is 91.4 cm³/mol. The SMILES string of the molecule is Fc1ccc(-c2nn3c(c2-c2ccnc4[nH]ncc24)C2CC2C3)cc1. The zero-order valence-corrected chi connectivity index (χ0v) is 13.3. The quantitative estimate of drug-likeness (QED) is 0.609. The Hall–Kier alpha value is -3.02. The molecule has 2 atom stereocenters. The molecule has 0 bridgehead atoms. The Balaban J connectivity index is 1.67. The molecule has 1 aliphatic carbocycles. The van der Waals surface area contributed by atoms with Gasteiger partial charge in [-0.1, -0.05) is 0 Å². The molecule has 6 heteroatoms. The fraction of sp³-hybridized carbons (Fsp3) is 0.211. The Morgan fingerprint density at radius 3 is 2.92 bits per heavy atom. The zero-order chi connectivity index (χ0) is 16.5. The summed E-state index contributed by atoms with van der Waals surface area (Å²) in [6.45, 7) is 0.980. The van der Waals surface area contributed by atoms with Gasteiger partial charge >= 0.3 is 0 Å². The van der Waals surface area contributed by atoms with Gasteiger partial charge in [0.15, 0.2) is 5.65 Å². The van der Waals surface area contributed by atoms with Crippen LogP contribution in [0.25, 0.3) is 33.4 Å². The van der Waals surface area contributed by atoms with E-state index in [-0.39, 0.29) is 5.82 Å². The third-order valence-corrected chi connectivity index (χ3v) is 5.41. The average Bonchev–Trinajstić information content (AvgIpc) is 3.00. The number of rotatable bonds is 2. The van der Waals surface area contributed by atoms with E-state index in [4.69, 9.17) is 5.10 Å². The van der Waals surface area contributed by atoms with Gasteiger partial charge in [0.25, 0.3) is 0 Å². The molecule has 1 saturated carbocycles. The summed E-state index contributed by atoms with van der Waals surface area (Å²) in [7, 11) is 0. The molecular weight excluding hydrogens is 317 g/mol. The lowest BCUT2D eigenvalue weighted by molar-refractivity contribution is 0.598. The topological polar surface area (TPSA) is 59.4 Å². The lowest BCUT2D eigenvalue weighted by atomic mass is 9.96. The summed E-state index contributed by atoms with van der Waals surface area (Å²) in [6.07, 6.45) is 4.85. The summed E-state index contributed by atoms with van der Waals surface area (Å²) in [4.78, 5) is 4.35. The van der Waals surface area contributed by atoms with Gasteiger partial charge in [0.1, 0.15) is 11.5 Å². The molecule has 4 heterocycles. The first kappa shape index (κ1) is 13.3. The van der Waals surface area contributed by atoms with E-state index < -0.39 is 0 Å². The first-order valence-corrected chi connectivity index (χ1v) is 8.44. The zero-order valence-electron chi connectivity index (χ0n) is 13.3. The van der Waals surface area contributed by atoms with Crippen molar-refractivity contribution in [3.63, 3.8) is 0 Å². The second-order valence-corrected chi connectivity index (χ2v) is 6.89. The molecule has 4 aromatic rings. The first-order chi connectivity index (χ1) is 12.3. The molecule has 0 radical (unpaired) electrons. The molecule has 1 N–H and O–H groups in total. The second-order valence-electron chi connectivity index (χ2n) is 6.89. The molecule has 0 amide bonds. The van der Waals surface area contributed by atoms with Gasteiger partial charge in [-0.2, -0.15) is 10.2 Å². The number of nitrogens with zero attached hydrogens (tertiary/aromatic N) is 4. The number of nitrogens with one attached hydrogen (secondary N) is 1. The molecule has 2 unspecified atom stereocenters. The van der Waals surface area contributed by atoms with Crippen molar-refractivity contribution in [3.05, 3.63) is 54.2 Å². The Morgan fingerprint density at radius 1 is 1.16 bits per heavy atom. The highest BCUT2D eigenvalue weighted by Gasteiger charge is 2.49. The van der Waals surface area contributed by atoms with Gasteiger partial charge in [-0.05, 0) is 48.2 Å². The highest BCUT2D eigenvalue weighted by atomic mass is 19.1. The van der Waals surface area contributed by atoms with Crippen molar-refractivity contribution >= 4 is 11.0 Å². The number of hydrogen-bond acceptors (Lipinski definition) is 3. The van der Waals surface area contributed by atoms with Gasteiger partial charge in [-0.25, -0.2) is 9.37 Å². The lowest BCUT2D eigenvalue weighted by Crippen LogP contribution is -1.99. The molecule has 6 rings (SSSR count). The van der Waals surface area contributed by atoms with Crippen LogP contribution >= 0.6 is 0 Å². The number of halogens is 1. The fourth-order valence-electron chi connectivity index (χ4n) is 4.14. The minimum absolute atomic E-state index is 0.236. The highest BCUT2D eigenvalue weighted by molar-refractivity contribution is 5.97. The van der Waals surface area contributed by atoms with Crippen LogP contribution in [0.5, 0.6) is 0 Å². The van der Waals surface area contributed by atoms with Crippen molar-refractivity contribution in [3.8, 4) is 22.4 Å². The minimum atomic E-state index is -0.236. The van der Waals surface area contributed by atoms with Crippen LogP contribution < -0.4 is 0 Å². The number of pyridine rings is 1. The summed E-state index contributed by atoms with van der Waals surface area (Å²) in [5.41, 5.74) is 6.15. The third kappa shape index (κ3) is 1.79. The standard InChI is InChI=1S/C19H14FN5/c20-12-3-1-10(2-4-12)17-16(18-14-7-11(14)9-25(18)24-17)13-5-6-21-19-15(13)8-22-23-19/h1-6,8,11,14H,7,9H2,(H,21,22,23). The van der Waals surface area contributed by atoms with E-state index in [1.165, 1.54) is 24.2 Å². The van der Waals surface area contributed by atoms with Crippen molar-refractivity contribution in [1.82, 2.24) is 25.0 Å². The first-order valence-electron chi connectivity index (χ1n) is 8.44. The van der Waals surface area contributed by atoms with Crippen LogP contribution in [-0.4, -0.2) is 25.0 Å². The summed E-state index contributed by atoms with van der Waals surface area (Å²) in [6, 6.07) is 8.61. The molecule has 2 aliphatic rings. The van der Waals surface area contributed by atoms with E-state index in [2.05, 4.69) is 19.9 Å². The monoisotopic (exact) mass is 331 g/mol. The minimum Gasteiger partial charge on any atom is -0.268 e. The Morgan fingerprint density at radius 2 is 2.04 bits per heavy atom. The van der Waals surface area contributed by atoms with E-state index in [9.17, 15) is 4.39 Å². The van der Waals surface area contributed by atoms with Crippen molar-refractivity contribution in [2.75, 3.05) is 0 Å². The number of aromatic amines is 1. The fourth-order valence-corrected chi connectivity index (χ4v) is 4.14. The number of H-pyrrole nitrogens is 1. The molecule has 0 spiro atoms. The van der Waals surface area contributed by atoms with Gasteiger partial charge in [-0.15, -0.1) is 0 Å². The Bertz CT molecular complexity index is 1120. The van der Waals surface area contributed by atoms with Crippen molar-refractivity contribution in [1.29, 1.82) is 0 Å². The number of hydrogen-bond donors (Lipinski definition) is 1. The van der Waals surface area contributed by atoms with Crippen molar-refractivity contribution in [2.24, 2.45) is 5.92 Å². The average molecular weight is 331 g/mol. The van der Waals surface area contributed by atoms with E-state index in [0.29, 0.717) is 5.92 Å². The number of fused-ring (bicyclic) bond motifs is 4. The van der Waals surface area contributed by atoms with Gasteiger partial charge < -0.3 is 0 Å². The molecule has 5 nitrogen and oxygen atoms in total. The van der Waals surface area contributed by atoms with Crippen LogP contribution in [-0.2, 0) is 6.54 Å². The summed E-state index contributed by atoms with van der Waals surface area (Å²) in [5.74, 6) is 1.08. The second kappa shape index (κ2) is 4.53. The van der Waals surface area contributed by atoms with Crippen molar-refractivity contribution < 1.29 is 4.39 Å². The van der Waals surface area contributed by atoms with E-state index in [1.54, 1.807) is 18.3 Å². The van der Waals surface area contributed by atoms with Crippen LogP contribution in [0.1, 0.15) is 18.0 Å². The molecule has 1 fully saturated rings.